The number of aryl methyl sites for hydroxylation is 1. The number of ether oxygens (including phenoxy) is 1. The van der Waals surface area contributed by atoms with Crippen molar-refractivity contribution in [3.8, 4) is 0 Å². The molecule has 110 valence electrons. The van der Waals surface area contributed by atoms with Gasteiger partial charge in [-0.05, 0) is 45.7 Å². The Balaban J connectivity index is 2.32. The van der Waals surface area contributed by atoms with Crippen molar-refractivity contribution in [1.29, 1.82) is 0 Å². The van der Waals surface area contributed by atoms with Crippen LogP contribution in [-0.4, -0.2) is 31.4 Å². The van der Waals surface area contributed by atoms with Gasteiger partial charge < -0.3 is 14.0 Å². The van der Waals surface area contributed by atoms with Crippen LogP contribution in [0.1, 0.15) is 49.9 Å². The highest BCUT2D eigenvalue weighted by Crippen LogP contribution is 2.37. The number of carbonyl (C=O) groups excluding carboxylic acids is 1. The summed E-state index contributed by atoms with van der Waals surface area (Å²) in [5, 5.41) is 0. The third kappa shape index (κ3) is 2.52. The van der Waals surface area contributed by atoms with Crippen molar-refractivity contribution in [3.05, 3.63) is 16.5 Å². The fourth-order valence-corrected chi connectivity index (χ4v) is 3.18. The first-order valence-electron chi connectivity index (χ1n) is 6.78. The molecule has 2 rings (SSSR count). The molecule has 0 amide bonds. The van der Waals surface area contributed by atoms with Crippen LogP contribution >= 0.6 is 11.3 Å². The Morgan fingerprint density at radius 3 is 2.30 bits per heavy atom. The van der Waals surface area contributed by atoms with Gasteiger partial charge in [0.1, 0.15) is 4.88 Å². The molecule has 0 bridgehead atoms. The number of thiophene rings is 1. The molecule has 20 heavy (non-hydrogen) atoms. The Kier molecular flexibility index (Phi) is 4.02. The summed E-state index contributed by atoms with van der Waals surface area (Å²) >= 11 is 1.39. The molecule has 0 radical (unpaired) electrons. The normalized spacial score (nSPS) is 20.2. The van der Waals surface area contributed by atoms with E-state index in [0.717, 1.165) is 16.8 Å². The van der Waals surface area contributed by atoms with Crippen molar-refractivity contribution in [3.63, 3.8) is 0 Å². The van der Waals surface area contributed by atoms with Crippen molar-refractivity contribution >= 4 is 29.2 Å². The summed E-state index contributed by atoms with van der Waals surface area (Å²) in [5.41, 5.74) is 0.227. The van der Waals surface area contributed by atoms with E-state index >= 15 is 0 Å². The van der Waals surface area contributed by atoms with Gasteiger partial charge in [-0.1, -0.05) is 6.92 Å². The first-order valence-corrected chi connectivity index (χ1v) is 7.60. The highest BCUT2D eigenvalue weighted by atomic mass is 32.1. The highest BCUT2D eigenvalue weighted by molar-refractivity contribution is 7.24. The van der Waals surface area contributed by atoms with E-state index < -0.39 is 7.12 Å². The quantitative estimate of drug-likeness (QED) is 0.634. The van der Waals surface area contributed by atoms with Gasteiger partial charge in [0.2, 0.25) is 0 Å². The number of carbonyl (C=O) groups is 1. The molecule has 1 aromatic heterocycles. The van der Waals surface area contributed by atoms with Gasteiger partial charge in [-0.2, -0.15) is 0 Å². The predicted octanol–water partition coefficient (Wildman–Crippen LogP) is 2.40. The summed E-state index contributed by atoms with van der Waals surface area (Å²) in [6.07, 6.45) is 0.778. The smallest absolute Gasteiger partial charge is 0.465 e. The topological polar surface area (TPSA) is 44.8 Å². The van der Waals surface area contributed by atoms with Gasteiger partial charge in [0.15, 0.2) is 0 Å². The second-order valence-corrected chi connectivity index (χ2v) is 7.02. The summed E-state index contributed by atoms with van der Waals surface area (Å²) in [6, 6.07) is 1.99. The fraction of sp³-hybridized carbons (Fsp3) is 0.643. The Hall–Kier alpha value is -0.845. The summed E-state index contributed by atoms with van der Waals surface area (Å²) < 4.78 is 17.8. The zero-order valence-electron chi connectivity index (χ0n) is 12.9. The first kappa shape index (κ1) is 15.5. The maximum absolute atomic E-state index is 11.8. The molecule has 1 aliphatic rings. The molecule has 0 aromatic carbocycles. The van der Waals surface area contributed by atoms with Gasteiger partial charge in [0.25, 0.3) is 0 Å². The van der Waals surface area contributed by atoms with Crippen LogP contribution in [0, 0.1) is 0 Å². The SMILES string of the molecule is CCc1cc(B2OC(C)(C)C(C)(C)O2)sc1C(=O)OC. The molecular weight excluding hydrogens is 275 g/mol. The number of hydrogen-bond donors (Lipinski definition) is 0. The minimum Gasteiger partial charge on any atom is -0.465 e. The lowest BCUT2D eigenvalue weighted by Crippen LogP contribution is -2.41. The van der Waals surface area contributed by atoms with Crippen LogP contribution in [0.2, 0.25) is 0 Å². The molecular formula is C14H21BO4S. The second kappa shape index (κ2) is 5.17. The Morgan fingerprint density at radius 2 is 1.85 bits per heavy atom. The standard InChI is InChI=1S/C14H21BO4S/c1-7-9-8-10(20-11(9)12(16)17-6)15-18-13(2,3)14(4,5)19-15/h8H,7H2,1-6H3. The van der Waals surface area contributed by atoms with Gasteiger partial charge in [-0.15, -0.1) is 11.3 Å². The average molecular weight is 296 g/mol. The minimum absolute atomic E-state index is 0.297. The van der Waals surface area contributed by atoms with E-state index in [1.807, 2.05) is 40.7 Å². The van der Waals surface area contributed by atoms with Crippen LogP contribution in [0.3, 0.4) is 0 Å². The largest absolute Gasteiger partial charge is 0.505 e. The Bertz CT molecular complexity index is 505. The molecule has 1 aliphatic heterocycles. The van der Waals surface area contributed by atoms with Crippen LogP contribution in [0.25, 0.3) is 0 Å². The molecule has 0 spiro atoms. The molecule has 6 heteroatoms. The van der Waals surface area contributed by atoms with E-state index in [9.17, 15) is 4.79 Å². The molecule has 1 saturated heterocycles. The zero-order chi connectivity index (χ0) is 15.1. The monoisotopic (exact) mass is 296 g/mol. The maximum Gasteiger partial charge on any atom is 0.505 e. The van der Waals surface area contributed by atoms with E-state index in [4.69, 9.17) is 14.0 Å². The molecule has 1 fully saturated rings. The maximum atomic E-state index is 11.8. The van der Waals surface area contributed by atoms with Crippen LogP contribution in [0.15, 0.2) is 6.07 Å². The van der Waals surface area contributed by atoms with Gasteiger partial charge >= 0.3 is 13.1 Å². The molecule has 0 N–H and O–H groups in total. The van der Waals surface area contributed by atoms with E-state index in [1.165, 1.54) is 18.4 Å². The number of hydrogen-bond acceptors (Lipinski definition) is 5. The lowest BCUT2D eigenvalue weighted by atomic mass is 9.87. The van der Waals surface area contributed by atoms with Crippen molar-refractivity contribution in [2.24, 2.45) is 0 Å². The summed E-state index contributed by atoms with van der Waals surface area (Å²) in [5.74, 6) is -0.297. The van der Waals surface area contributed by atoms with Crippen molar-refractivity contribution in [2.45, 2.75) is 52.2 Å². The average Bonchev–Trinajstić information content (AvgIpc) is 2.88. The molecule has 0 atom stereocenters. The first-order chi connectivity index (χ1) is 9.21. The van der Waals surface area contributed by atoms with Gasteiger partial charge in [-0.3, -0.25) is 0 Å². The predicted molar refractivity (Wildman–Crippen MR) is 80.8 cm³/mol. The van der Waals surface area contributed by atoms with Gasteiger partial charge in [0.05, 0.1) is 18.3 Å². The lowest BCUT2D eigenvalue weighted by molar-refractivity contribution is 0.00578. The Morgan fingerprint density at radius 1 is 1.30 bits per heavy atom. The molecule has 0 aliphatic carbocycles. The highest BCUT2D eigenvalue weighted by Gasteiger charge is 2.52. The van der Waals surface area contributed by atoms with Gasteiger partial charge in [-0.25, -0.2) is 4.79 Å². The van der Waals surface area contributed by atoms with E-state index in [-0.39, 0.29) is 17.2 Å². The Labute approximate surface area is 124 Å². The number of rotatable bonds is 3. The van der Waals surface area contributed by atoms with Crippen LogP contribution in [-0.2, 0) is 20.5 Å². The minimum atomic E-state index is -0.422. The number of methoxy groups -OCH3 is 1. The zero-order valence-corrected chi connectivity index (χ0v) is 13.7. The fourth-order valence-electron chi connectivity index (χ4n) is 2.05. The molecule has 0 unspecified atom stereocenters. The van der Waals surface area contributed by atoms with E-state index in [1.54, 1.807) is 0 Å². The molecule has 2 heterocycles. The molecule has 4 nitrogen and oxygen atoms in total. The van der Waals surface area contributed by atoms with Crippen LogP contribution in [0.4, 0.5) is 0 Å². The summed E-state index contributed by atoms with van der Waals surface area (Å²) in [4.78, 5) is 12.4. The third-order valence-electron chi connectivity index (χ3n) is 4.07. The number of esters is 1. The van der Waals surface area contributed by atoms with E-state index in [2.05, 4.69) is 0 Å². The van der Waals surface area contributed by atoms with Crippen LogP contribution < -0.4 is 4.78 Å². The second-order valence-electron chi connectivity index (χ2n) is 5.94. The van der Waals surface area contributed by atoms with E-state index in [0.29, 0.717) is 4.88 Å². The van der Waals surface area contributed by atoms with Crippen molar-refractivity contribution in [2.75, 3.05) is 7.11 Å². The molecule has 1 aromatic rings. The summed E-state index contributed by atoms with van der Waals surface area (Å²) in [6.45, 7) is 10.1. The van der Waals surface area contributed by atoms with Crippen LogP contribution in [0.5, 0.6) is 0 Å². The van der Waals surface area contributed by atoms with Crippen molar-refractivity contribution < 1.29 is 18.8 Å². The third-order valence-corrected chi connectivity index (χ3v) is 5.24. The van der Waals surface area contributed by atoms with Gasteiger partial charge in [0, 0.05) is 4.78 Å². The lowest BCUT2D eigenvalue weighted by Gasteiger charge is -2.32. The van der Waals surface area contributed by atoms with Crippen molar-refractivity contribution in [1.82, 2.24) is 0 Å². The summed E-state index contributed by atoms with van der Waals surface area (Å²) in [7, 11) is 0.976. The molecule has 0 saturated carbocycles.